The van der Waals surface area contributed by atoms with Crippen molar-refractivity contribution in [3.8, 4) is 11.4 Å². The zero-order valence-corrected chi connectivity index (χ0v) is 19.9. The number of para-hydroxylation sites is 1. The molecule has 0 radical (unpaired) electrons. The van der Waals surface area contributed by atoms with Gasteiger partial charge in [0.25, 0.3) is 0 Å². The molecule has 4 nitrogen and oxygen atoms in total. The smallest absolute Gasteiger partial charge is 0.284 e. The fourth-order valence-electron chi connectivity index (χ4n) is 3.35. The zero-order valence-electron chi connectivity index (χ0n) is 17.6. The van der Waals surface area contributed by atoms with Gasteiger partial charge in [-0.15, -0.1) is 18.2 Å². The second-order valence-electron chi connectivity index (χ2n) is 8.30. The van der Waals surface area contributed by atoms with Crippen molar-refractivity contribution in [3.05, 3.63) is 96.1 Å². The van der Waals surface area contributed by atoms with Gasteiger partial charge in [-0.2, -0.15) is 40.5 Å². The summed E-state index contributed by atoms with van der Waals surface area (Å²) in [5.41, 5.74) is 1.79. The Balaban J connectivity index is 0.00000272. The molecule has 0 saturated heterocycles. The normalized spacial score (nSPS) is 11.9. The Morgan fingerprint density at radius 1 is 0.839 bits per heavy atom. The molecule has 31 heavy (non-hydrogen) atoms. The average molecular weight is 600 g/mol. The summed E-state index contributed by atoms with van der Waals surface area (Å²) >= 11 is 0. The van der Waals surface area contributed by atoms with Crippen molar-refractivity contribution in [1.29, 1.82) is 0 Å². The molecule has 2 aromatic heterocycles. The Hall–Kier alpha value is -2.59. The third kappa shape index (κ3) is 4.14. The van der Waals surface area contributed by atoms with E-state index in [9.17, 15) is 8.78 Å². The van der Waals surface area contributed by atoms with Crippen molar-refractivity contribution in [1.82, 2.24) is 19.6 Å². The molecule has 0 aliphatic rings. The maximum absolute atomic E-state index is 14.2. The Bertz CT molecular complexity index is 1180. The van der Waals surface area contributed by atoms with Crippen LogP contribution in [0.4, 0.5) is 8.78 Å². The molecule has 0 saturated carbocycles. The minimum Gasteiger partial charge on any atom is -0.284 e. The van der Waals surface area contributed by atoms with Crippen molar-refractivity contribution in [2.24, 2.45) is 0 Å². The van der Waals surface area contributed by atoms with Crippen LogP contribution < -0.4 is 0 Å². The van der Waals surface area contributed by atoms with Crippen LogP contribution in [0.25, 0.3) is 11.4 Å². The molecule has 0 N–H and O–H groups in total. The SMILES string of the molecule is CC(C)(c1ccn(-c2[c-]cccc2)n1)C(C)(C)c1ccn(-c2[c-]cc(F)cc2F)n1.[Pt+2]. The largest absolute Gasteiger partial charge is 2.00 e. The van der Waals surface area contributed by atoms with E-state index in [1.807, 2.05) is 42.6 Å². The van der Waals surface area contributed by atoms with Crippen molar-refractivity contribution in [2.75, 3.05) is 0 Å². The summed E-state index contributed by atoms with van der Waals surface area (Å²) in [4.78, 5) is 0. The van der Waals surface area contributed by atoms with Crippen LogP contribution in [0.5, 0.6) is 0 Å². The Morgan fingerprint density at radius 3 is 2.03 bits per heavy atom. The summed E-state index contributed by atoms with van der Waals surface area (Å²) in [6.45, 7) is 8.38. The van der Waals surface area contributed by atoms with Gasteiger partial charge in [-0.3, -0.25) is 18.1 Å². The molecule has 0 atom stereocenters. The van der Waals surface area contributed by atoms with E-state index in [-0.39, 0.29) is 26.8 Å². The molecule has 0 aliphatic heterocycles. The van der Waals surface area contributed by atoms with Crippen LogP contribution in [0, 0.1) is 23.8 Å². The van der Waals surface area contributed by atoms with Crippen molar-refractivity contribution >= 4 is 0 Å². The Morgan fingerprint density at radius 2 is 1.45 bits per heavy atom. The quantitative estimate of drug-likeness (QED) is 0.296. The van der Waals surface area contributed by atoms with Crippen LogP contribution in [0.1, 0.15) is 39.1 Å². The third-order valence-electron chi connectivity index (χ3n) is 6.03. The molecule has 4 aromatic rings. The van der Waals surface area contributed by atoms with E-state index < -0.39 is 22.5 Å². The maximum atomic E-state index is 14.2. The average Bonchev–Trinajstić information content (AvgIpc) is 3.39. The number of benzene rings is 2. The first kappa shape index (κ1) is 23.1. The van der Waals surface area contributed by atoms with Gasteiger partial charge in [0.1, 0.15) is 0 Å². The van der Waals surface area contributed by atoms with Gasteiger partial charge in [-0.05, 0) is 23.5 Å². The molecule has 4 rings (SSSR count). The first-order valence-corrected chi connectivity index (χ1v) is 9.66. The van der Waals surface area contributed by atoms with Crippen LogP contribution in [0.2, 0.25) is 0 Å². The van der Waals surface area contributed by atoms with E-state index in [0.717, 1.165) is 29.2 Å². The number of hydrogen-bond acceptors (Lipinski definition) is 2. The Kier molecular flexibility index (Phi) is 6.33. The monoisotopic (exact) mass is 599 g/mol. The van der Waals surface area contributed by atoms with Gasteiger partial charge >= 0.3 is 21.1 Å². The molecule has 0 aliphatic carbocycles. The summed E-state index contributed by atoms with van der Waals surface area (Å²) < 4.78 is 30.6. The van der Waals surface area contributed by atoms with Crippen LogP contribution in [-0.4, -0.2) is 19.6 Å². The van der Waals surface area contributed by atoms with Gasteiger partial charge in [0.2, 0.25) is 0 Å². The fraction of sp³-hybridized carbons (Fsp3) is 0.250. The van der Waals surface area contributed by atoms with E-state index in [2.05, 4.69) is 44.9 Å². The van der Waals surface area contributed by atoms with Crippen LogP contribution in [0.3, 0.4) is 0 Å². The number of rotatable bonds is 5. The number of nitrogens with zero attached hydrogens (tertiary/aromatic N) is 4. The summed E-state index contributed by atoms with van der Waals surface area (Å²) in [7, 11) is 0. The molecular formula is C24H22F2N4Pt. The molecule has 0 fully saturated rings. The van der Waals surface area contributed by atoms with E-state index in [0.29, 0.717) is 0 Å². The predicted molar refractivity (Wildman–Crippen MR) is 111 cm³/mol. The van der Waals surface area contributed by atoms with Crippen LogP contribution >= 0.6 is 0 Å². The van der Waals surface area contributed by atoms with Gasteiger partial charge in [-0.25, -0.2) is 0 Å². The Labute approximate surface area is 195 Å². The van der Waals surface area contributed by atoms with Crippen LogP contribution in [0.15, 0.2) is 60.9 Å². The van der Waals surface area contributed by atoms with E-state index in [4.69, 9.17) is 5.10 Å². The third-order valence-corrected chi connectivity index (χ3v) is 6.03. The molecular weight excluding hydrogens is 577 g/mol. The molecule has 0 spiro atoms. The molecule has 0 bridgehead atoms. The molecule has 2 heterocycles. The van der Waals surface area contributed by atoms with Gasteiger partial charge < -0.3 is 0 Å². The first-order chi connectivity index (χ1) is 14.2. The van der Waals surface area contributed by atoms with Gasteiger partial charge in [0.05, 0.1) is 11.4 Å². The number of aromatic nitrogens is 4. The maximum Gasteiger partial charge on any atom is 2.00 e. The second-order valence-corrected chi connectivity index (χ2v) is 8.30. The minimum absolute atomic E-state index is 0. The molecule has 0 unspecified atom stereocenters. The van der Waals surface area contributed by atoms with Crippen molar-refractivity contribution < 1.29 is 29.8 Å². The van der Waals surface area contributed by atoms with Gasteiger partial charge in [0, 0.05) is 34.9 Å². The predicted octanol–water partition coefficient (Wildman–Crippen LogP) is 5.19. The van der Waals surface area contributed by atoms with Gasteiger partial charge in [-0.1, -0.05) is 27.7 Å². The van der Waals surface area contributed by atoms with E-state index in [1.54, 1.807) is 10.9 Å². The topological polar surface area (TPSA) is 35.6 Å². The molecule has 2 aromatic carbocycles. The first-order valence-electron chi connectivity index (χ1n) is 9.66. The van der Waals surface area contributed by atoms with Crippen molar-refractivity contribution in [2.45, 2.75) is 38.5 Å². The summed E-state index contributed by atoms with van der Waals surface area (Å²) in [6, 6.07) is 19.2. The van der Waals surface area contributed by atoms with E-state index in [1.165, 1.54) is 4.68 Å². The summed E-state index contributed by atoms with van der Waals surface area (Å²) in [6.07, 6.45) is 3.58. The van der Waals surface area contributed by atoms with E-state index >= 15 is 0 Å². The molecule has 162 valence electrons. The zero-order chi connectivity index (χ0) is 21.5. The summed E-state index contributed by atoms with van der Waals surface area (Å²) in [5.74, 6) is -1.38. The molecule has 7 heteroatoms. The van der Waals surface area contributed by atoms with Gasteiger partial charge in [0.15, 0.2) is 0 Å². The second kappa shape index (κ2) is 8.50. The van der Waals surface area contributed by atoms with Crippen LogP contribution in [-0.2, 0) is 31.9 Å². The number of halogens is 2. The summed E-state index contributed by atoms with van der Waals surface area (Å²) in [5, 5.41) is 9.36. The fourth-order valence-corrected chi connectivity index (χ4v) is 3.35. The molecule has 0 amide bonds. The van der Waals surface area contributed by atoms with Crippen molar-refractivity contribution in [3.63, 3.8) is 0 Å². The number of hydrogen-bond donors (Lipinski definition) is 0. The minimum atomic E-state index is -0.709. The standard InChI is InChI=1S/C24H22F2N4.Pt/c1-23(2,21-12-14-29(27-21)18-8-6-5-7-9-18)24(3,4)22-13-15-30(28-22)20-11-10-17(25)16-19(20)26;/h5-8,10,12-16H,1-4H3;/q-2;+2.